The van der Waals surface area contributed by atoms with Gasteiger partial charge in [0.15, 0.2) is 11.6 Å². The van der Waals surface area contributed by atoms with E-state index in [1.807, 2.05) is 4.90 Å². The van der Waals surface area contributed by atoms with Crippen LogP contribution in [0.1, 0.15) is 13.3 Å². The van der Waals surface area contributed by atoms with Gasteiger partial charge in [0.05, 0.1) is 41.5 Å². The molecule has 3 fully saturated rings. The van der Waals surface area contributed by atoms with E-state index in [1.165, 1.54) is 0 Å². The van der Waals surface area contributed by atoms with Crippen LogP contribution in [0.4, 0.5) is 21.8 Å². The summed E-state index contributed by atoms with van der Waals surface area (Å²) in [6.07, 6.45) is 5.19. The van der Waals surface area contributed by atoms with E-state index >= 15 is 0 Å². The molecule has 0 unspecified atom stereocenters. The molecule has 0 bridgehead atoms. The van der Waals surface area contributed by atoms with Crippen molar-refractivity contribution in [2.24, 2.45) is 30.7 Å². The Morgan fingerprint density at radius 1 is 1.45 bits per heavy atom. The minimum Gasteiger partial charge on any atom is -0.351 e. The van der Waals surface area contributed by atoms with E-state index in [-0.39, 0.29) is 41.0 Å². The largest absolute Gasteiger partial charge is 0.351 e. The highest BCUT2D eigenvalue weighted by atomic mass is 19.1. The molecule has 2 aromatic rings. The van der Waals surface area contributed by atoms with Crippen LogP contribution >= 0.6 is 0 Å². The highest BCUT2D eigenvalue weighted by molar-refractivity contribution is 5.83. The Balaban J connectivity index is 1.31. The molecule has 0 aromatic carbocycles. The van der Waals surface area contributed by atoms with Gasteiger partial charge in [-0.05, 0) is 12.3 Å². The third kappa shape index (κ3) is 2.88. The first-order valence-electron chi connectivity index (χ1n) is 9.66. The number of nitriles is 1. The average molecular weight is 396 g/mol. The fourth-order valence-electron chi connectivity index (χ4n) is 4.54. The molecule has 2 N–H and O–H groups in total. The highest BCUT2D eigenvalue weighted by Gasteiger charge is 2.68. The van der Waals surface area contributed by atoms with Gasteiger partial charge in [-0.2, -0.15) is 15.3 Å². The van der Waals surface area contributed by atoms with Gasteiger partial charge < -0.3 is 15.5 Å². The molecule has 9 nitrogen and oxygen atoms in total. The lowest BCUT2D eigenvalue weighted by molar-refractivity contribution is -0.123. The summed E-state index contributed by atoms with van der Waals surface area (Å²) in [5.41, 5.74) is 0.344. The van der Waals surface area contributed by atoms with E-state index in [4.69, 9.17) is 5.26 Å². The molecule has 1 saturated heterocycles. The predicted molar refractivity (Wildman–Crippen MR) is 101 cm³/mol. The van der Waals surface area contributed by atoms with Crippen LogP contribution in [0, 0.1) is 40.8 Å². The number of amides is 1. The lowest BCUT2D eigenvalue weighted by atomic mass is 10.2. The first-order valence-corrected chi connectivity index (χ1v) is 9.66. The summed E-state index contributed by atoms with van der Waals surface area (Å²) in [6.45, 7) is 3.21. The third-order valence-corrected chi connectivity index (χ3v) is 6.47. The number of carbonyl (C=O) groups excluding carboxylic acids is 1. The number of fused-ring (bicyclic) bond motifs is 1. The summed E-state index contributed by atoms with van der Waals surface area (Å²) in [7, 11) is 1.80. The number of nitrogens with one attached hydrogen (secondary N) is 2. The molecule has 2 aromatic heterocycles. The number of aryl methyl sites for hydroxylation is 1. The number of halogens is 1. The van der Waals surface area contributed by atoms with Gasteiger partial charge in [-0.15, -0.1) is 0 Å². The van der Waals surface area contributed by atoms with Gasteiger partial charge in [-0.25, -0.2) is 9.37 Å². The summed E-state index contributed by atoms with van der Waals surface area (Å²) in [6, 6.07) is 2.15. The molecular weight excluding hydrogens is 375 g/mol. The molecule has 10 heteroatoms. The van der Waals surface area contributed by atoms with Crippen molar-refractivity contribution in [2.75, 3.05) is 23.3 Å². The molecule has 2 aliphatic carbocycles. The number of hydrogen-bond donors (Lipinski definition) is 2. The van der Waals surface area contributed by atoms with E-state index in [0.29, 0.717) is 31.1 Å². The van der Waals surface area contributed by atoms with Gasteiger partial charge in [0.2, 0.25) is 11.9 Å². The first kappa shape index (κ1) is 17.8. The highest BCUT2D eigenvalue weighted by Crippen LogP contribution is 2.56. The molecule has 0 radical (unpaired) electrons. The Labute approximate surface area is 166 Å². The second kappa shape index (κ2) is 6.14. The Kier molecular flexibility index (Phi) is 3.78. The maximum Gasteiger partial charge on any atom is 0.229 e. The fraction of sp³-hybridized carbons (Fsp3) is 0.526. The number of nitrogens with zero attached hydrogens (tertiary/aromatic N) is 6. The summed E-state index contributed by atoms with van der Waals surface area (Å²) in [4.78, 5) is 22.7. The van der Waals surface area contributed by atoms with Crippen molar-refractivity contribution < 1.29 is 9.18 Å². The molecule has 3 aliphatic rings. The first-order chi connectivity index (χ1) is 13.9. The minimum absolute atomic E-state index is 0.0603. The molecule has 1 amide bonds. The molecule has 1 aliphatic heterocycles. The van der Waals surface area contributed by atoms with Crippen molar-refractivity contribution in [3.05, 3.63) is 24.4 Å². The van der Waals surface area contributed by atoms with E-state index in [1.54, 1.807) is 24.1 Å². The van der Waals surface area contributed by atoms with Crippen molar-refractivity contribution >= 4 is 23.4 Å². The van der Waals surface area contributed by atoms with Gasteiger partial charge in [0.25, 0.3) is 0 Å². The summed E-state index contributed by atoms with van der Waals surface area (Å²) in [5.74, 6) is 0.143. The molecule has 150 valence electrons. The van der Waals surface area contributed by atoms with Gasteiger partial charge in [-0.3, -0.25) is 9.48 Å². The Morgan fingerprint density at radius 3 is 2.97 bits per heavy atom. The van der Waals surface area contributed by atoms with Gasteiger partial charge in [-0.1, -0.05) is 6.92 Å². The van der Waals surface area contributed by atoms with Crippen molar-refractivity contribution in [1.29, 1.82) is 5.26 Å². The minimum atomic E-state index is -0.496. The number of aromatic nitrogens is 4. The standard InChI is InChI=1S/C19H21FN8O/c1-10-14-8-28(9-19(10,14)26-17(29)13-3-11(13)4-21)16-15(20)6-22-18(25-16)24-12-5-23-27(2)7-12/h5-7,10-11,13-14H,3,8-9H2,1-2H3,(H,26,29)(H,22,24,25)/t10-,11+,13-,14+,19+/m1/s1. The van der Waals surface area contributed by atoms with Crippen molar-refractivity contribution in [3.8, 4) is 6.07 Å². The van der Waals surface area contributed by atoms with E-state index in [9.17, 15) is 9.18 Å². The lowest BCUT2D eigenvalue weighted by Crippen LogP contribution is -2.45. The van der Waals surface area contributed by atoms with Crippen LogP contribution < -0.4 is 15.5 Å². The second-order valence-corrected chi connectivity index (χ2v) is 8.28. The number of carbonyl (C=O) groups is 1. The van der Waals surface area contributed by atoms with E-state index in [2.05, 4.69) is 38.7 Å². The maximum atomic E-state index is 14.5. The fourth-order valence-corrected chi connectivity index (χ4v) is 4.54. The topological polar surface area (TPSA) is 112 Å². The van der Waals surface area contributed by atoms with Crippen LogP contribution in [0.25, 0.3) is 0 Å². The summed E-state index contributed by atoms with van der Waals surface area (Å²) in [5, 5.41) is 19.2. The molecule has 0 spiro atoms. The lowest BCUT2D eigenvalue weighted by Gasteiger charge is -2.25. The third-order valence-electron chi connectivity index (χ3n) is 6.47. The molecule has 5 rings (SSSR count). The zero-order valence-electron chi connectivity index (χ0n) is 16.1. The summed E-state index contributed by atoms with van der Waals surface area (Å²) >= 11 is 0. The molecule has 29 heavy (non-hydrogen) atoms. The van der Waals surface area contributed by atoms with Crippen LogP contribution in [0.15, 0.2) is 18.6 Å². The van der Waals surface area contributed by atoms with Crippen LogP contribution in [0.2, 0.25) is 0 Å². The van der Waals surface area contributed by atoms with Crippen molar-refractivity contribution in [3.63, 3.8) is 0 Å². The normalized spacial score (nSPS) is 31.7. The number of anilines is 3. The van der Waals surface area contributed by atoms with E-state index in [0.717, 1.165) is 6.20 Å². The molecule has 5 atom stereocenters. The number of piperidine rings is 1. The average Bonchev–Trinajstić information content (AvgIpc) is 3.46. The molecular formula is C19H21FN8O. The Bertz CT molecular complexity index is 1030. The molecule has 3 heterocycles. The maximum absolute atomic E-state index is 14.5. The van der Waals surface area contributed by atoms with Gasteiger partial charge >= 0.3 is 0 Å². The Morgan fingerprint density at radius 2 is 2.28 bits per heavy atom. The predicted octanol–water partition coefficient (Wildman–Crippen LogP) is 1.19. The van der Waals surface area contributed by atoms with Crippen LogP contribution in [0.5, 0.6) is 0 Å². The Hall–Kier alpha value is -3.22. The van der Waals surface area contributed by atoms with E-state index < -0.39 is 5.82 Å². The second-order valence-electron chi connectivity index (χ2n) is 8.28. The van der Waals surface area contributed by atoms with Crippen molar-refractivity contribution in [1.82, 2.24) is 25.1 Å². The zero-order valence-corrected chi connectivity index (χ0v) is 16.1. The van der Waals surface area contributed by atoms with Gasteiger partial charge in [0, 0.05) is 32.3 Å². The smallest absolute Gasteiger partial charge is 0.229 e. The van der Waals surface area contributed by atoms with Crippen LogP contribution in [0.3, 0.4) is 0 Å². The number of rotatable bonds is 5. The van der Waals surface area contributed by atoms with Gasteiger partial charge in [0.1, 0.15) is 0 Å². The monoisotopic (exact) mass is 396 g/mol. The quantitative estimate of drug-likeness (QED) is 0.781. The SMILES string of the molecule is C[C@@H]1[C@@H]2CN(c3nc(Nc4cnn(C)c4)ncc3F)C[C@]12NC(=O)[C@@H]1C[C@H]1C#N. The molecule has 2 saturated carbocycles. The van der Waals surface area contributed by atoms with Crippen LogP contribution in [-0.4, -0.2) is 44.3 Å². The van der Waals surface area contributed by atoms with Crippen LogP contribution in [-0.2, 0) is 11.8 Å². The summed E-state index contributed by atoms with van der Waals surface area (Å²) < 4.78 is 16.1. The number of hydrogen-bond acceptors (Lipinski definition) is 7. The zero-order chi connectivity index (χ0) is 20.3. The van der Waals surface area contributed by atoms with Crippen molar-refractivity contribution in [2.45, 2.75) is 18.9 Å².